The third kappa shape index (κ3) is 1.72. The predicted octanol–water partition coefficient (Wildman–Crippen LogP) is -0.824. The Balaban J connectivity index is 2.47. The zero-order valence-corrected chi connectivity index (χ0v) is 8.17. The molecule has 2 aromatic heterocycles. The van der Waals surface area contributed by atoms with Crippen LogP contribution >= 0.6 is 0 Å². The van der Waals surface area contributed by atoms with Crippen molar-refractivity contribution >= 4 is 23.1 Å². The Hall–Kier alpha value is -2.38. The van der Waals surface area contributed by atoms with E-state index in [4.69, 9.17) is 10.8 Å². The second-order valence-corrected chi connectivity index (χ2v) is 3.21. The number of anilines is 1. The van der Waals surface area contributed by atoms with Crippen molar-refractivity contribution in [1.29, 1.82) is 0 Å². The highest BCUT2D eigenvalue weighted by Crippen LogP contribution is 2.06. The molecule has 0 aliphatic carbocycles. The number of carboxylic acid groups (broad SMARTS) is 1. The van der Waals surface area contributed by atoms with Gasteiger partial charge in [-0.15, -0.1) is 0 Å². The normalized spacial score (nSPS) is 10.8. The molecule has 0 bridgehead atoms. The number of hydrogen-bond acceptors (Lipinski definition) is 5. The van der Waals surface area contributed by atoms with Crippen LogP contribution in [0.4, 0.5) is 5.95 Å². The zero-order valence-electron chi connectivity index (χ0n) is 8.17. The van der Waals surface area contributed by atoms with E-state index in [9.17, 15) is 9.59 Å². The van der Waals surface area contributed by atoms with Gasteiger partial charge in [-0.1, -0.05) is 0 Å². The van der Waals surface area contributed by atoms with E-state index in [2.05, 4.69) is 15.0 Å². The number of aliphatic carboxylic acids is 1. The Bertz CT molecular complexity index is 599. The summed E-state index contributed by atoms with van der Waals surface area (Å²) in [7, 11) is 0. The summed E-state index contributed by atoms with van der Waals surface area (Å²) in [6.45, 7) is 0.196. The van der Waals surface area contributed by atoms with Crippen LogP contribution < -0.4 is 11.3 Å². The third-order valence-electron chi connectivity index (χ3n) is 2.06. The van der Waals surface area contributed by atoms with Crippen LogP contribution in [0.2, 0.25) is 0 Å². The molecule has 0 spiro atoms. The number of carboxylic acids is 1. The van der Waals surface area contributed by atoms with Crippen molar-refractivity contribution in [2.75, 3.05) is 5.73 Å². The molecule has 2 heterocycles. The first-order chi connectivity index (χ1) is 7.58. The van der Waals surface area contributed by atoms with Crippen molar-refractivity contribution < 1.29 is 9.90 Å². The summed E-state index contributed by atoms with van der Waals surface area (Å²) in [5, 5.41) is 8.55. The van der Waals surface area contributed by atoms with Crippen molar-refractivity contribution in [2.45, 2.75) is 13.0 Å². The van der Waals surface area contributed by atoms with Crippen LogP contribution in [0.25, 0.3) is 11.2 Å². The van der Waals surface area contributed by atoms with Crippen molar-refractivity contribution in [1.82, 2.24) is 19.5 Å². The SMILES string of the molecule is Nc1nc2c(ncn2CCC(=O)O)c(=O)[nH]1. The number of carbonyl (C=O) groups is 1. The number of nitrogens with zero attached hydrogens (tertiary/aromatic N) is 3. The lowest BCUT2D eigenvalue weighted by Crippen LogP contribution is -2.12. The van der Waals surface area contributed by atoms with Crippen LogP contribution in [0.5, 0.6) is 0 Å². The van der Waals surface area contributed by atoms with Gasteiger partial charge in [-0.2, -0.15) is 4.98 Å². The maximum Gasteiger partial charge on any atom is 0.305 e. The van der Waals surface area contributed by atoms with Crippen molar-refractivity contribution in [3.05, 3.63) is 16.7 Å². The summed E-state index contributed by atoms with van der Waals surface area (Å²) in [6, 6.07) is 0. The summed E-state index contributed by atoms with van der Waals surface area (Å²) in [5.41, 5.74) is 5.40. The molecule has 4 N–H and O–H groups in total. The molecule has 0 unspecified atom stereocenters. The Morgan fingerprint density at radius 1 is 1.62 bits per heavy atom. The minimum atomic E-state index is -0.931. The fourth-order valence-corrected chi connectivity index (χ4v) is 1.35. The minimum absolute atomic E-state index is 0.0189. The largest absolute Gasteiger partial charge is 0.481 e. The first-order valence-electron chi connectivity index (χ1n) is 4.50. The van der Waals surface area contributed by atoms with E-state index in [0.29, 0.717) is 5.65 Å². The fourth-order valence-electron chi connectivity index (χ4n) is 1.35. The van der Waals surface area contributed by atoms with Crippen molar-refractivity contribution in [3.8, 4) is 0 Å². The molecule has 8 nitrogen and oxygen atoms in total. The number of imidazole rings is 1. The van der Waals surface area contributed by atoms with E-state index >= 15 is 0 Å². The molecule has 2 rings (SSSR count). The number of aromatic nitrogens is 4. The molecule has 16 heavy (non-hydrogen) atoms. The van der Waals surface area contributed by atoms with E-state index in [1.54, 1.807) is 0 Å². The summed E-state index contributed by atoms with van der Waals surface area (Å²) in [6.07, 6.45) is 1.30. The van der Waals surface area contributed by atoms with Gasteiger partial charge in [0.2, 0.25) is 5.95 Å². The monoisotopic (exact) mass is 223 g/mol. The highest BCUT2D eigenvalue weighted by atomic mass is 16.4. The molecule has 0 aliphatic rings. The molecular weight excluding hydrogens is 214 g/mol. The van der Waals surface area contributed by atoms with Gasteiger partial charge in [0.25, 0.3) is 5.56 Å². The molecule has 0 fully saturated rings. The van der Waals surface area contributed by atoms with Gasteiger partial charge in [0.05, 0.1) is 12.7 Å². The van der Waals surface area contributed by atoms with Crippen LogP contribution in [0.3, 0.4) is 0 Å². The van der Waals surface area contributed by atoms with Gasteiger partial charge in [0.15, 0.2) is 11.2 Å². The minimum Gasteiger partial charge on any atom is -0.481 e. The van der Waals surface area contributed by atoms with E-state index < -0.39 is 11.5 Å². The molecule has 8 heteroatoms. The number of rotatable bonds is 3. The van der Waals surface area contributed by atoms with Crippen LogP contribution in [-0.2, 0) is 11.3 Å². The highest BCUT2D eigenvalue weighted by molar-refractivity contribution is 5.71. The molecule has 0 atom stereocenters. The topological polar surface area (TPSA) is 127 Å². The number of nitrogens with two attached hydrogens (primary N) is 1. The van der Waals surface area contributed by atoms with E-state index in [-0.39, 0.29) is 24.4 Å². The molecule has 0 aliphatic heterocycles. The van der Waals surface area contributed by atoms with Gasteiger partial charge >= 0.3 is 5.97 Å². The lowest BCUT2D eigenvalue weighted by atomic mass is 10.4. The van der Waals surface area contributed by atoms with Gasteiger partial charge in [0, 0.05) is 6.54 Å². The second kappa shape index (κ2) is 3.65. The van der Waals surface area contributed by atoms with Gasteiger partial charge in [-0.05, 0) is 0 Å². The molecule has 0 saturated carbocycles. The number of H-pyrrole nitrogens is 1. The van der Waals surface area contributed by atoms with Gasteiger partial charge in [0.1, 0.15) is 0 Å². The van der Waals surface area contributed by atoms with E-state index in [1.807, 2.05) is 0 Å². The van der Waals surface area contributed by atoms with E-state index in [0.717, 1.165) is 0 Å². The molecule has 0 aromatic carbocycles. The quantitative estimate of drug-likeness (QED) is 0.623. The third-order valence-corrected chi connectivity index (χ3v) is 2.06. The summed E-state index contributed by atoms with van der Waals surface area (Å²) in [4.78, 5) is 31.9. The van der Waals surface area contributed by atoms with Gasteiger partial charge in [-0.25, -0.2) is 4.98 Å². The van der Waals surface area contributed by atoms with E-state index in [1.165, 1.54) is 10.9 Å². The molecule has 84 valence electrons. The van der Waals surface area contributed by atoms with Crippen LogP contribution in [0.1, 0.15) is 6.42 Å². The lowest BCUT2D eigenvalue weighted by Gasteiger charge is -2.00. The molecule has 0 radical (unpaired) electrons. The predicted molar refractivity (Wildman–Crippen MR) is 54.8 cm³/mol. The zero-order chi connectivity index (χ0) is 11.7. The molecular formula is C8H9N5O3. The van der Waals surface area contributed by atoms with Gasteiger partial charge < -0.3 is 15.4 Å². The standard InChI is InChI=1S/C8H9N5O3/c9-8-11-6-5(7(16)12-8)10-3-13(6)2-1-4(14)15/h3H,1-2H2,(H,14,15)(H3,9,11,12,16). The Morgan fingerprint density at radius 3 is 3.06 bits per heavy atom. The molecule has 0 saturated heterocycles. The number of hydrogen-bond donors (Lipinski definition) is 3. The fraction of sp³-hybridized carbons (Fsp3) is 0.250. The Labute approximate surface area is 88.7 Å². The van der Waals surface area contributed by atoms with Crippen LogP contribution in [0, 0.1) is 0 Å². The average Bonchev–Trinajstić information content (AvgIpc) is 2.58. The number of aromatic amines is 1. The summed E-state index contributed by atoms with van der Waals surface area (Å²) >= 11 is 0. The Morgan fingerprint density at radius 2 is 2.38 bits per heavy atom. The number of nitrogens with one attached hydrogen (secondary N) is 1. The van der Waals surface area contributed by atoms with Crippen molar-refractivity contribution in [2.24, 2.45) is 0 Å². The lowest BCUT2D eigenvalue weighted by molar-refractivity contribution is -0.137. The van der Waals surface area contributed by atoms with Crippen LogP contribution in [-0.4, -0.2) is 30.6 Å². The molecule has 0 amide bonds. The average molecular weight is 223 g/mol. The van der Waals surface area contributed by atoms with Crippen LogP contribution in [0.15, 0.2) is 11.1 Å². The maximum atomic E-state index is 11.4. The Kier molecular flexibility index (Phi) is 2.31. The number of nitrogen functional groups attached to an aromatic ring is 1. The van der Waals surface area contributed by atoms with Gasteiger partial charge in [-0.3, -0.25) is 14.6 Å². The summed E-state index contributed by atoms with van der Waals surface area (Å²) in [5.74, 6) is -0.950. The highest BCUT2D eigenvalue weighted by Gasteiger charge is 2.09. The van der Waals surface area contributed by atoms with Crippen molar-refractivity contribution in [3.63, 3.8) is 0 Å². The first kappa shape index (κ1) is 10.1. The maximum absolute atomic E-state index is 11.4. The number of aryl methyl sites for hydroxylation is 1. The smallest absolute Gasteiger partial charge is 0.305 e. The molecule has 2 aromatic rings. The summed E-state index contributed by atoms with van der Waals surface area (Å²) < 4.78 is 1.48. The second-order valence-electron chi connectivity index (χ2n) is 3.21. The first-order valence-corrected chi connectivity index (χ1v) is 4.50. The number of fused-ring (bicyclic) bond motifs is 1.